The number of benzene rings is 2. The van der Waals surface area contributed by atoms with Crippen LogP contribution in [0.25, 0.3) is 0 Å². The van der Waals surface area contributed by atoms with E-state index in [-0.39, 0.29) is 34.6 Å². The minimum atomic E-state index is -1.71. The van der Waals surface area contributed by atoms with Gasteiger partial charge in [-0.15, -0.1) is 0 Å². The fourth-order valence-corrected chi connectivity index (χ4v) is 5.78. The van der Waals surface area contributed by atoms with Crippen LogP contribution in [-0.2, 0) is 24.5 Å². The Hall–Kier alpha value is -3.58. The van der Waals surface area contributed by atoms with E-state index in [1.165, 1.54) is 7.11 Å². The van der Waals surface area contributed by atoms with Gasteiger partial charge in [-0.05, 0) is 42.5 Å². The van der Waals surface area contributed by atoms with Crippen LogP contribution in [0.1, 0.15) is 37.8 Å². The van der Waals surface area contributed by atoms with Gasteiger partial charge < -0.3 is 15.8 Å². The zero-order valence-corrected chi connectivity index (χ0v) is 20.7. The summed E-state index contributed by atoms with van der Waals surface area (Å²) >= 11 is 6.46. The quantitative estimate of drug-likeness (QED) is 0.606. The largest absolute Gasteiger partial charge is 0.466 e. The summed E-state index contributed by atoms with van der Waals surface area (Å²) in [4.78, 5) is 42.8. The van der Waals surface area contributed by atoms with Crippen molar-refractivity contribution in [3.05, 3.63) is 81.3 Å². The molecule has 2 heterocycles. The first-order valence-corrected chi connectivity index (χ1v) is 11.7. The van der Waals surface area contributed by atoms with E-state index in [0.29, 0.717) is 34.1 Å². The number of hydrogen-bond acceptors (Lipinski definition) is 6. The zero-order chi connectivity index (χ0) is 25.3. The number of aryl methyl sites for hydroxylation is 1. The number of fused-ring (bicyclic) bond motifs is 3. The van der Waals surface area contributed by atoms with Crippen LogP contribution in [0.15, 0.2) is 65.1 Å². The minimum absolute atomic E-state index is 0.0351. The number of anilines is 2. The summed E-state index contributed by atoms with van der Waals surface area (Å²) in [5, 5.41) is 3.39. The molecule has 7 nitrogen and oxygen atoms in total. The van der Waals surface area contributed by atoms with Crippen LogP contribution < -0.4 is 16.0 Å². The number of ketones is 1. The summed E-state index contributed by atoms with van der Waals surface area (Å²) in [6.07, 6.45) is 0.686. The Morgan fingerprint density at radius 3 is 2.54 bits per heavy atom. The number of nitrogens with one attached hydrogen (secondary N) is 1. The first kappa shape index (κ1) is 23.2. The number of ether oxygens (including phenoxy) is 1. The van der Waals surface area contributed by atoms with Crippen LogP contribution in [-0.4, -0.2) is 24.8 Å². The molecule has 1 spiro atoms. The van der Waals surface area contributed by atoms with Crippen LogP contribution in [0.4, 0.5) is 11.4 Å². The van der Waals surface area contributed by atoms with Crippen LogP contribution in [0.2, 0.25) is 5.02 Å². The number of para-hydroxylation sites is 1. The molecular formula is C27H26ClN3O4. The number of carbonyl (C=O) groups is 3. The van der Waals surface area contributed by atoms with Crippen molar-refractivity contribution in [3.8, 4) is 0 Å². The molecule has 2 aromatic rings. The average Bonchev–Trinajstić information content (AvgIpc) is 3.07. The van der Waals surface area contributed by atoms with Gasteiger partial charge in [-0.1, -0.05) is 49.7 Å². The maximum Gasteiger partial charge on any atom is 0.339 e. The van der Waals surface area contributed by atoms with Crippen LogP contribution in [0, 0.1) is 12.3 Å². The van der Waals surface area contributed by atoms with Crippen molar-refractivity contribution in [1.82, 2.24) is 0 Å². The molecule has 35 heavy (non-hydrogen) atoms. The summed E-state index contributed by atoms with van der Waals surface area (Å²) in [5.41, 5.74) is 7.95. The van der Waals surface area contributed by atoms with Crippen LogP contribution >= 0.6 is 11.6 Å². The van der Waals surface area contributed by atoms with Crippen molar-refractivity contribution < 1.29 is 19.1 Å². The van der Waals surface area contributed by atoms with Gasteiger partial charge in [-0.3, -0.25) is 14.5 Å². The van der Waals surface area contributed by atoms with Gasteiger partial charge in [0.25, 0.3) is 0 Å². The fraction of sp³-hybridized carbons (Fsp3) is 0.296. The SMILES string of the molecule is COC(=O)C1=C(N)N(c2ccc(C)c(Cl)c2)C2=C(C(=O)CC(C)(C)C2)C12C(=O)Nc1ccccc12. The molecule has 0 saturated heterocycles. The van der Waals surface area contributed by atoms with Crippen molar-refractivity contribution >= 4 is 40.6 Å². The highest BCUT2D eigenvalue weighted by Gasteiger charge is 2.62. The normalized spacial score (nSPS) is 22.8. The number of amides is 1. The van der Waals surface area contributed by atoms with Crippen molar-refractivity contribution in [3.63, 3.8) is 0 Å². The Morgan fingerprint density at radius 2 is 1.86 bits per heavy atom. The summed E-state index contributed by atoms with van der Waals surface area (Å²) in [7, 11) is 1.23. The average molecular weight is 492 g/mol. The molecule has 1 amide bonds. The van der Waals surface area contributed by atoms with E-state index < -0.39 is 17.3 Å². The number of nitrogens with two attached hydrogens (primary N) is 1. The summed E-state index contributed by atoms with van der Waals surface area (Å²) in [6, 6.07) is 12.5. The third kappa shape index (κ3) is 3.14. The van der Waals surface area contributed by atoms with E-state index in [1.807, 2.05) is 32.9 Å². The topological polar surface area (TPSA) is 102 Å². The van der Waals surface area contributed by atoms with Gasteiger partial charge in [0, 0.05) is 39.7 Å². The van der Waals surface area contributed by atoms with Crippen LogP contribution in [0.5, 0.6) is 0 Å². The standard InChI is InChI=1S/C27H26ClN3O4/c1-14-9-10-15(11-17(14)28)31-19-12-26(2,3)13-20(32)21(19)27(22(23(31)29)24(33)35-4)16-7-5-6-8-18(16)30-25(27)34/h5-11H,12-13,29H2,1-4H3,(H,30,34). The molecule has 1 aliphatic carbocycles. The Balaban J connectivity index is 1.93. The lowest BCUT2D eigenvalue weighted by Crippen LogP contribution is -2.54. The molecule has 180 valence electrons. The number of rotatable bonds is 2. The number of halogens is 1. The number of hydrogen-bond donors (Lipinski definition) is 2. The molecule has 0 bridgehead atoms. The molecule has 1 unspecified atom stereocenters. The maximum absolute atomic E-state index is 13.9. The van der Waals surface area contributed by atoms with Crippen molar-refractivity contribution in [2.45, 2.75) is 39.0 Å². The molecule has 3 N–H and O–H groups in total. The number of nitrogens with zero attached hydrogens (tertiary/aromatic N) is 1. The molecule has 0 fully saturated rings. The minimum Gasteiger partial charge on any atom is -0.466 e. The molecule has 3 aliphatic rings. The second-order valence-electron chi connectivity index (χ2n) is 10.0. The molecule has 0 saturated carbocycles. The summed E-state index contributed by atoms with van der Waals surface area (Å²) in [5.74, 6) is -1.45. The smallest absolute Gasteiger partial charge is 0.339 e. The molecule has 8 heteroatoms. The van der Waals surface area contributed by atoms with E-state index in [9.17, 15) is 14.4 Å². The number of Topliss-reactive ketones (excluding diaryl/α,β-unsaturated/α-hetero) is 1. The molecule has 1 atom stereocenters. The second-order valence-corrected chi connectivity index (χ2v) is 10.4. The predicted molar refractivity (Wildman–Crippen MR) is 134 cm³/mol. The number of methoxy groups -OCH3 is 1. The predicted octanol–water partition coefficient (Wildman–Crippen LogP) is 4.35. The molecule has 0 radical (unpaired) electrons. The van der Waals surface area contributed by atoms with Gasteiger partial charge in [-0.25, -0.2) is 4.79 Å². The Labute approximate surface area is 208 Å². The highest BCUT2D eigenvalue weighted by Crippen LogP contribution is 2.57. The fourth-order valence-electron chi connectivity index (χ4n) is 5.61. The van der Waals surface area contributed by atoms with Crippen molar-refractivity contribution in [1.29, 1.82) is 0 Å². The van der Waals surface area contributed by atoms with E-state index in [2.05, 4.69) is 5.32 Å². The second kappa shape index (κ2) is 7.71. The van der Waals surface area contributed by atoms with Gasteiger partial charge in [0.15, 0.2) is 5.78 Å². The first-order valence-electron chi connectivity index (χ1n) is 11.4. The Kier molecular flexibility index (Phi) is 5.11. The lowest BCUT2D eigenvalue weighted by atomic mass is 9.60. The lowest BCUT2D eigenvalue weighted by molar-refractivity contribution is -0.138. The maximum atomic E-state index is 13.9. The Bertz CT molecular complexity index is 1390. The van der Waals surface area contributed by atoms with E-state index in [4.69, 9.17) is 22.1 Å². The highest BCUT2D eigenvalue weighted by molar-refractivity contribution is 6.31. The third-order valence-electron chi connectivity index (χ3n) is 7.09. The molecular weight excluding hydrogens is 466 g/mol. The van der Waals surface area contributed by atoms with Crippen molar-refractivity contribution in [2.24, 2.45) is 11.1 Å². The van der Waals surface area contributed by atoms with Gasteiger partial charge in [0.1, 0.15) is 16.8 Å². The summed E-state index contributed by atoms with van der Waals surface area (Å²) < 4.78 is 5.15. The van der Waals surface area contributed by atoms with Crippen molar-refractivity contribution in [2.75, 3.05) is 17.3 Å². The highest BCUT2D eigenvalue weighted by atomic mass is 35.5. The first-order chi connectivity index (χ1) is 16.5. The van der Waals surface area contributed by atoms with Gasteiger partial charge >= 0.3 is 5.97 Å². The van der Waals surface area contributed by atoms with E-state index >= 15 is 0 Å². The molecule has 2 aliphatic heterocycles. The lowest BCUT2D eigenvalue weighted by Gasteiger charge is -2.47. The van der Waals surface area contributed by atoms with Gasteiger partial charge in [0.2, 0.25) is 5.91 Å². The number of esters is 1. The molecule has 5 rings (SSSR count). The number of carbonyl (C=O) groups excluding carboxylic acids is 3. The van der Waals surface area contributed by atoms with E-state index in [1.54, 1.807) is 35.2 Å². The zero-order valence-electron chi connectivity index (χ0n) is 20.0. The van der Waals surface area contributed by atoms with Crippen LogP contribution in [0.3, 0.4) is 0 Å². The van der Waals surface area contributed by atoms with Gasteiger partial charge in [0.05, 0.1) is 7.11 Å². The van der Waals surface area contributed by atoms with Gasteiger partial charge in [-0.2, -0.15) is 0 Å². The number of allylic oxidation sites excluding steroid dienone is 1. The third-order valence-corrected chi connectivity index (χ3v) is 7.50. The van der Waals surface area contributed by atoms with E-state index in [0.717, 1.165) is 5.56 Å². The monoisotopic (exact) mass is 491 g/mol. The Morgan fingerprint density at radius 1 is 1.14 bits per heavy atom. The molecule has 2 aromatic carbocycles. The molecule has 0 aromatic heterocycles. The summed E-state index contributed by atoms with van der Waals surface area (Å²) in [6.45, 7) is 5.88.